The Hall–Kier alpha value is -4.78. The number of carbonyl (C=O) groups is 3. The van der Waals surface area contributed by atoms with Gasteiger partial charge < -0.3 is 10.1 Å². The lowest BCUT2D eigenvalue weighted by atomic mass is 10.0. The molecule has 3 amide bonds. The molecule has 37 heavy (non-hydrogen) atoms. The number of ether oxygens (including phenoxy) is 1. The monoisotopic (exact) mass is 491 g/mol. The standard InChI is InChI=1S/C30H25N3O4/c34-28(32-19-22-11-8-13-24(17-22)37-20-23-12-6-7-16-31-23)27(18-21-9-2-1-3-10-21)33-29(35)25-14-4-5-15-26(25)30(33)36/h1-17,27H,18-20H2,(H,32,34). The minimum absolute atomic E-state index is 0.214. The van der Waals surface area contributed by atoms with Gasteiger partial charge >= 0.3 is 0 Å². The molecule has 1 aromatic heterocycles. The predicted octanol–water partition coefficient (Wildman–Crippen LogP) is 4.18. The Kier molecular flexibility index (Phi) is 7.03. The highest BCUT2D eigenvalue weighted by Crippen LogP contribution is 2.26. The number of hydrogen-bond donors (Lipinski definition) is 1. The van der Waals surface area contributed by atoms with Crippen LogP contribution < -0.4 is 10.1 Å². The Bertz CT molecular complexity index is 1390. The van der Waals surface area contributed by atoms with Crippen molar-refractivity contribution < 1.29 is 19.1 Å². The number of nitrogens with zero attached hydrogens (tertiary/aromatic N) is 2. The van der Waals surface area contributed by atoms with Crippen molar-refractivity contribution in [2.24, 2.45) is 0 Å². The normalized spacial score (nSPS) is 13.2. The first-order valence-electron chi connectivity index (χ1n) is 12.0. The topological polar surface area (TPSA) is 88.6 Å². The third-order valence-electron chi connectivity index (χ3n) is 6.19. The van der Waals surface area contributed by atoms with Gasteiger partial charge in [0.1, 0.15) is 18.4 Å². The minimum atomic E-state index is -0.988. The number of aromatic nitrogens is 1. The summed E-state index contributed by atoms with van der Waals surface area (Å²) in [5.74, 6) is -0.667. The lowest BCUT2D eigenvalue weighted by molar-refractivity contribution is -0.125. The van der Waals surface area contributed by atoms with Crippen LogP contribution in [0, 0.1) is 0 Å². The lowest BCUT2D eigenvalue weighted by Gasteiger charge is -2.25. The molecule has 0 radical (unpaired) electrons. The van der Waals surface area contributed by atoms with Gasteiger partial charge in [-0.05, 0) is 47.5 Å². The summed E-state index contributed by atoms with van der Waals surface area (Å²) in [6.07, 6.45) is 1.93. The second-order valence-corrected chi connectivity index (χ2v) is 8.71. The molecule has 1 N–H and O–H groups in total. The van der Waals surface area contributed by atoms with Gasteiger partial charge in [0.15, 0.2) is 0 Å². The molecule has 1 unspecified atom stereocenters. The highest BCUT2D eigenvalue weighted by molar-refractivity contribution is 6.22. The SMILES string of the molecule is O=C(NCc1cccc(OCc2ccccn2)c1)C(Cc1ccccc1)N1C(=O)c2ccccc2C1=O. The van der Waals surface area contributed by atoms with E-state index in [1.54, 1.807) is 30.5 Å². The minimum Gasteiger partial charge on any atom is -0.487 e. The number of pyridine rings is 1. The highest BCUT2D eigenvalue weighted by Gasteiger charge is 2.42. The summed E-state index contributed by atoms with van der Waals surface area (Å²) in [4.78, 5) is 45.1. The Morgan fingerprint density at radius 2 is 1.49 bits per heavy atom. The van der Waals surface area contributed by atoms with E-state index < -0.39 is 23.8 Å². The van der Waals surface area contributed by atoms with Gasteiger partial charge in [0.2, 0.25) is 5.91 Å². The van der Waals surface area contributed by atoms with Crippen LogP contribution in [0.15, 0.2) is 103 Å². The number of benzene rings is 3. The maximum Gasteiger partial charge on any atom is 0.262 e. The third kappa shape index (κ3) is 5.41. The first kappa shape index (κ1) is 23.9. The highest BCUT2D eigenvalue weighted by atomic mass is 16.5. The quantitative estimate of drug-likeness (QED) is 0.355. The Morgan fingerprint density at radius 3 is 2.19 bits per heavy atom. The molecular weight excluding hydrogens is 466 g/mol. The average molecular weight is 492 g/mol. The van der Waals surface area contributed by atoms with Gasteiger partial charge in [-0.25, -0.2) is 0 Å². The first-order valence-corrected chi connectivity index (χ1v) is 12.0. The van der Waals surface area contributed by atoms with Gasteiger partial charge in [-0.3, -0.25) is 24.3 Å². The number of hydrogen-bond acceptors (Lipinski definition) is 5. The summed E-state index contributed by atoms with van der Waals surface area (Å²) < 4.78 is 5.84. The number of fused-ring (bicyclic) bond motifs is 1. The number of imide groups is 1. The van der Waals surface area contributed by atoms with E-state index in [0.29, 0.717) is 23.5 Å². The van der Waals surface area contributed by atoms with Crippen molar-refractivity contribution in [3.63, 3.8) is 0 Å². The fourth-order valence-corrected chi connectivity index (χ4v) is 4.32. The van der Waals surface area contributed by atoms with Crippen LogP contribution >= 0.6 is 0 Å². The van der Waals surface area contributed by atoms with Crippen LogP contribution in [0.5, 0.6) is 5.75 Å². The van der Waals surface area contributed by atoms with Crippen LogP contribution in [-0.4, -0.2) is 33.6 Å². The van der Waals surface area contributed by atoms with Gasteiger partial charge in [-0.2, -0.15) is 0 Å². The molecule has 184 valence electrons. The molecule has 0 fully saturated rings. The maximum atomic E-state index is 13.4. The zero-order chi connectivity index (χ0) is 25.6. The van der Waals surface area contributed by atoms with Gasteiger partial charge in [0.05, 0.1) is 16.8 Å². The number of carbonyl (C=O) groups excluding carboxylic acids is 3. The molecule has 7 nitrogen and oxygen atoms in total. The van der Waals surface area contributed by atoms with Gasteiger partial charge in [0, 0.05) is 19.2 Å². The molecule has 7 heteroatoms. The van der Waals surface area contributed by atoms with Crippen molar-refractivity contribution in [3.05, 3.63) is 131 Å². The summed E-state index contributed by atoms with van der Waals surface area (Å²) in [5.41, 5.74) is 3.12. The van der Waals surface area contributed by atoms with E-state index in [1.807, 2.05) is 72.8 Å². The third-order valence-corrected chi connectivity index (χ3v) is 6.19. The van der Waals surface area contributed by atoms with E-state index in [0.717, 1.165) is 21.7 Å². The lowest BCUT2D eigenvalue weighted by Crippen LogP contribution is -2.50. The second-order valence-electron chi connectivity index (χ2n) is 8.71. The fourth-order valence-electron chi connectivity index (χ4n) is 4.32. The maximum absolute atomic E-state index is 13.4. The zero-order valence-corrected chi connectivity index (χ0v) is 20.0. The molecule has 1 aliphatic rings. The molecular formula is C30H25N3O4. The van der Waals surface area contributed by atoms with E-state index in [-0.39, 0.29) is 13.0 Å². The first-order chi connectivity index (χ1) is 18.1. The van der Waals surface area contributed by atoms with Crippen LogP contribution in [0.1, 0.15) is 37.5 Å². The van der Waals surface area contributed by atoms with E-state index in [2.05, 4.69) is 10.3 Å². The number of amides is 3. The second kappa shape index (κ2) is 10.9. The molecule has 1 aliphatic heterocycles. The Labute approximate surface area is 214 Å². The largest absolute Gasteiger partial charge is 0.487 e. The summed E-state index contributed by atoms with van der Waals surface area (Å²) >= 11 is 0. The number of nitrogens with one attached hydrogen (secondary N) is 1. The Morgan fingerprint density at radius 1 is 0.811 bits per heavy atom. The molecule has 0 aliphatic carbocycles. The molecule has 0 bridgehead atoms. The van der Waals surface area contributed by atoms with Gasteiger partial charge in [-0.1, -0.05) is 60.7 Å². The van der Waals surface area contributed by atoms with Gasteiger partial charge in [-0.15, -0.1) is 0 Å². The summed E-state index contributed by atoms with van der Waals surface area (Å²) in [5, 5.41) is 2.91. The molecule has 2 heterocycles. The van der Waals surface area contributed by atoms with Gasteiger partial charge in [0.25, 0.3) is 11.8 Å². The molecule has 4 aromatic rings. The van der Waals surface area contributed by atoms with E-state index >= 15 is 0 Å². The van der Waals surface area contributed by atoms with Crippen molar-refractivity contribution >= 4 is 17.7 Å². The molecule has 0 spiro atoms. The van der Waals surface area contributed by atoms with Crippen LogP contribution in [0.25, 0.3) is 0 Å². The van der Waals surface area contributed by atoms with Crippen molar-refractivity contribution in [3.8, 4) is 5.75 Å². The van der Waals surface area contributed by atoms with E-state index in [4.69, 9.17) is 4.74 Å². The molecule has 3 aromatic carbocycles. The van der Waals surface area contributed by atoms with E-state index in [1.165, 1.54) is 0 Å². The average Bonchev–Trinajstić information content (AvgIpc) is 3.20. The summed E-state index contributed by atoms with van der Waals surface area (Å²) in [6.45, 7) is 0.545. The van der Waals surface area contributed by atoms with Crippen LogP contribution in [0.3, 0.4) is 0 Å². The van der Waals surface area contributed by atoms with Crippen LogP contribution in [0.4, 0.5) is 0 Å². The molecule has 0 saturated carbocycles. The summed E-state index contributed by atoms with van der Waals surface area (Å²) in [7, 11) is 0. The Balaban J connectivity index is 1.31. The fraction of sp³-hybridized carbons (Fsp3) is 0.133. The van der Waals surface area contributed by atoms with Crippen molar-refractivity contribution in [2.75, 3.05) is 0 Å². The number of rotatable bonds is 9. The molecule has 1 atom stereocenters. The summed E-state index contributed by atoms with van der Waals surface area (Å²) in [6, 6.07) is 28.1. The van der Waals surface area contributed by atoms with Crippen LogP contribution in [0.2, 0.25) is 0 Å². The smallest absolute Gasteiger partial charge is 0.262 e. The zero-order valence-electron chi connectivity index (χ0n) is 20.0. The molecule has 5 rings (SSSR count). The molecule has 0 saturated heterocycles. The van der Waals surface area contributed by atoms with E-state index in [9.17, 15) is 14.4 Å². The predicted molar refractivity (Wildman–Crippen MR) is 138 cm³/mol. The van der Waals surface area contributed by atoms with Crippen molar-refractivity contribution in [1.29, 1.82) is 0 Å². The van der Waals surface area contributed by atoms with Crippen molar-refractivity contribution in [1.82, 2.24) is 15.2 Å². The van der Waals surface area contributed by atoms with Crippen molar-refractivity contribution in [2.45, 2.75) is 25.6 Å². The van der Waals surface area contributed by atoms with Crippen LogP contribution in [-0.2, 0) is 24.4 Å².